The van der Waals surface area contributed by atoms with E-state index in [1.807, 2.05) is 78.9 Å². The van der Waals surface area contributed by atoms with Crippen molar-refractivity contribution in [2.45, 2.75) is 32.2 Å². The van der Waals surface area contributed by atoms with Gasteiger partial charge in [-0.05, 0) is 34.1 Å². The van der Waals surface area contributed by atoms with Gasteiger partial charge in [0, 0.05) is 13.1 Å². The maximum absolute atomic E-state index is 13.6. The van der Waals surface area contributed by atoms with Crippen LogP contribution < -0.4 is 5.46 Å². The fourth-order valence-electron chi connectivity index (χ4n) is 4.15. The van der Waals surface area contributed by atoms with Crippen molar-refractivity contribution in [3.63, 3.8) is 0 Å². The van der Waals surface area contributed by atoms with Crippen molar-refractivity contribution < 1.29 is 19.6 Å². The lowest BCUT2D eigenvalue weighted by Crippen LogP contribution is -2.43. The molecule has 4 aromatic carbocycles. The molecule has 0 saturated carbocycles. The first-order chi connectivity index (χ1) is 17.6. The van der Waals surface area contributed by atoms with Gasteiger partial charge in [0.15, 0.2) is 0 Å². The summed E-state index contributed by atoms with van der Waals surface area (Å²) in [6, 6.07) is 36.3. The van der Waals surface area contributed by atoms with E-state index in [2.05, 4.69) is 29.2 Å². The van der Waals surface area contributed by atoms with Crippen LogP contribution in [0.4, 0.5) is 0 Å². The smallest absolute Gasteiger partial charge is 0.460 e. The van der Waals surface area contributed by atoms with Crippen molar-refractivity contribution in [2.24, 2.45) is 0 Å². The second-order valence-corrected chi connectivity index (χ2v) is 8.80. The Morgan fingerprint density at radius 1 is 0.667 bits per heavy atom. The van der Waals surface area contributed by atoms with Crippen molar-refractivity contribution in [3.05, 3.63) is 138 Å². The molecule has 6 heteroatoms. The van der Waals surface area contributed by atoms with Gasteiger partial charge in [-0.1, -0.05) is 115 Å². The van der Waals surface area contributed by atoms with E-state index in [0.29, 0.717) is 25.0 Å². The van der Waals surface area contributed by atoms with E-state index in [4.69, 9.17) is 4.74 Å². The van der Waals surface area contributed by atoms with Gasteiger partial charge >= 0.3 is 13.1 Å². The van der Waals surface area contributed by atoms with Gasteiger partial charge < -0.3 is 14.8 Å². The number of hydrogen-bond donors (Lipinski definition) is 2. The van der Waals surface area contributed by atoms with Crippen molar-refractivity contribution in [2.75, 3.05) is 0 Å². The zero-order valence-electron chi connectivity index (χ0n) is 20.1. The van der Waals surface area contributed by atoms with E-state index in [0.717, 1.165) is 22.3 Å². The van der Waals surface area contributed by atoms with Gasteiger partial charge in [0.2, 0.25) is 0 Å². The minimum absolute atomic E-state index is 0.205. The highest BCUT2D eigenvalue weighted by Gasteiger charge is 2.28. The summed E-state index contributed by atoms with van der Waals surface area (Å²) in [4.78, 5) is 15.7. The maximum Gasteiger partial charge on any atom is 0.488 e. The third kappa shape index (κ3) is 7.39. The summed E-state index contributed by atoms with van der Waals surface area (Å²) in [7, 11) is -1.53. The molecule has 0 bridgehead atoms. The molecule has 0 aliphatic carbocycles. The molecule has 0 fully saturated rings. The van der Waals surface area contributed by atoms with Crippen LogP contribution in [0.25, 0.3) is 0 Å². The Kier molecular flexibility index (Phi) is 9.06. The third-order valence-electron chi connectivity index (χ3n) is 6.10. The van der Waals surface area contributed by atoms with E-state index in [9.17, 15) is 14.8 Å². The maximum atomic E-state index is 13.6. The molecule has 1 unspecified atom stereocenters. The standard InChI is InChI=1S/C30H30BNO4/c33-30(36-23-27-14-8-3-9-15-27)29(20-24-16-18-28(19-17-24)31(34)35)32(21-25-10-4-1-5-11-25)22-26-12-6-2-7-13-26/h1-19,29,34-35H,20-23H2. The fourth-order valence-corrected chi connectivity index (χ4v) is 4.15. The largest absolute Gasteiger partial charge is 0.488 e. The van der Waals surface area contributed by atoms with Gasteiger partial charge in [0.1, 0.15) is 12.6 Å². The van der Waals surface area contributed by atoms with E-state index in [1.165, 1.54) is 0 Å². The molecule has 0 amide bonds. The Morgan fingerprint density at radius 2 is 1.14 bits per heavy atom. The highest BCUT2D eigenvalue weighted by molar-refractivity contribution is 6.58. The Hall–Kier alpha value is -3.71. The van der Waals surface area contributed by atoms with E-state index in [1.54, 1.807) is 12.1 Å². The SMILES string of the molecule is O=C(OCc1ccccc1)C(Cc1ccc(B(O)O)cc1)N(Cc1ccccc1)Cc1ccccc1. The molecule has 0 saturated heterocycles. The average Bonchev–Trinajstić information content (AvgIpc) is 2.92. The predicted octanol–water partition coefficient (Wildman–Crippen LogP) is 3.72. The Morgan fingerprint density at radius 3 is 1.61 bits per heavy atom. The molecule has 2 N–H and O–H groups in total. The highest BCUT2D eigenvalue weighted by atomic mass is 16.5. The van der Waals surface area contributed by atoms with Crippen LogP contribution in [0.1, 0.15) is 22.3 Å². The summed E-state index contributed by atoms with van der Waals surface area (Å²) in [5.74, 6) is -0.294. The average molecular weight is 479 g/mol. The van der Waals surface area contributed by atoms with Gasteiger partial charge in [-0.25, -0.2) is 0 Å². The van der Waals surface area contributed by atoms with Crippen molar-refractivity contribution in [1.29, 1.82) is 0 Å². The summed E-state index contributed by atoms with van der Waals surface area (Å²) >= 11 is 0. The number of ether oxygens (including phenoxy) is 1. The number of rotatable bonds is 11. The van der Waals surface area contributed by atoms with Crippen molar-refractivity contribution in [1.82, 2.24) is 4.90 Å². The molecule has 1 atom stereocenters. The quantitative estimate of drug-likeness (QED) is 0.254. The van der Waals surface area contributed by atoms with Crippen LogP contribution in [0.3, 0.4) is 0 Å². The van der Waals surface area contributed by atoms with E-state index >= 15 is 0 Å². The molecule has 0 radical (unpaired) electrons. The van der Waals surface area contributed by atoms with Gasteiger partial charge in [0.05, 0.1) is 0 Å². The molecule has 4 aromatic rings. The Bertz CT molecular complexity index is 1160. The van der Waals surface area contributed by atoms with Crippen LogP contribution in [-0.2, 0) is 35.6 Å². The van der Waals surface area contributed by atoms with Gasteiger partial charge in [-0.3, -0.25) is 9.69 Å². The minimum Gasteiger partial charge on any atom is -0.460 e. The van der Waals surface area contributed by atoms with Gasteiger partial charge in [-0.15, -0.1) is 0 Å². The molecular formula is C30H30BNO4. The molecule has 4 rings (SSSR count). The fraction of sp³-hybridized carbons (Fsp3) is 0.167. The molecule has 182 valence electrons. The molecule has 0 spiro atoms. The zero-order chi connectivity index (χ0) is 25.2. The van der Waals surface area contributed by atoms with E-state index < -0.39 is 13.2 Å². The summed E-state index contributed by atoms with van der Waals surface area (Å²) in [5, 5.41) is 18.9. The lowest BCUT2D eigenvalue weighted by molar-refractivity contribution is -0.152. The molecule has 0 heterocycles. The van der Waals surface area contributed by atoms with Crippen LogP contribution in [-0.4, -0.2) is 34.1 Å². The first kappa shape index (κ1) is 25.4. The van der Waals surface area contributed by atoms with E-state index in [-0.39, 0.29) is 12.6 Å². The second kappa shape index (κ2) is 12.8. The first-order valence-electron chi connectivity index (χ1n) is 12.1. The van der Waals surface area contributed by atoms with Crippen molar-refractivity contribution >= 4 is 18.6 Å². The van der Waals surface area contributed by atoms with Gasteiger partial charge in [0.25, 0.3) is 0 Å². The monoisotopic (exact) mass is 479 g/mol. The normalized spacial score (nSPS) is 11.8. The van der Waals surface area contributed by atoms with Crippen LogP contribution >= 0.6 is 0 Å². The molecule has 0 aromatic heterocycles. The molecule has 0 aliphatic heterocycles. The molecular weight excluding hydrogens is 449 g/mol. The summed E-state index contributed by atoms with van der Waals surface area (Å²) in [5.41, 5.74) is 4.46. The second-order valence-electron chi connectivity index (χ2n) is 8.80. The summed E-state index contributed by atoms with van der Waals surface area (Å²) in [6.45, 7) is 1.36. The third-order valence-corrected chi connectivity index (χ3v) is 6.10. The predicted molar refractivity (Wildman–Crippen MR) is 142 cm³/mol. The topological polar surface area (TPSA) is 70.0 Å². The van der Waals surface area contributed by atoms with Crippen LogP contribution in [0.15, 0.2) is 115 Å². The van der Waals surface area contributed by atoms with Crippen LogP contribution in [0, 0.1) is 0 Å². The summed E-state index contributed by atoms with van der Waals surface area (Å²) in [6.07, 6.45) is 0.426. The Balaban J connectivity index is 1.62. The number of carbonyl (C=O) groups excluding carboxylic acids is 1. The molecule has 0 aliphatic rings. The first-order valence-corrected chi connectivity index (χ1v) is 12.1. The number of benzene rings is 4. The Labute approximate surface area is 212 Å². The summed E-state index contributed by atoms with van der Waals surface area (Å²) < 4.78 is 5.82. The number of nitrogens with zero attached hydrogens (tertiary/aromatic N) is 1. The zero-order valence-corrected chi connectivity index (χ0v) is 20.1. The lowest BCUT2D eigenvalue weighted by atomic mass is 9.80. The number of carbonyl (C=O) groups is 1. The van der Waals surface area contributed by atoms with Crippen LogP contribution in [0.5, 0.6) is 0 Å². The van der Waals surface area contributed by atoms with Crippen molar-refractivity contribution in [3.8, 4) is 0 Å². The number of esters is 1. The molecule has 5 nitrogen and oxygen atoms in total. The van der Waals surface area contributed by atoms with Crippen LogP contribution in [0.2, 0.25) is 0 Å². The number of hydrogen-bond acceptors (Lipinski definition) is 5. The van der Waals surface area contributed by atoms with Gasteiger partial charge in [-0.2, -0.15) is 0 Å². The lowest BCUT2D eigenvalue weighted by Gasteiger charge is -2.31. The highest BCUT2D eigenvalue weighted by Crippen LogP contribution is 2.19. The molecule has 36 heavy (non-hydrogen) atoms. The minimum atomic E-state index is -1.53.